The lowest BCUT2D eigenvalue weighted by atomic mass is 9.98. The molecule has 0 aliphatic heterocycles. The first-order chi connectivity index (χ1) is 9.49. The molecule has 4 nitrogen and oxygen atoms in total. The summed E-state index contributed by atoms with van der Waals surface area (Å²) in [5.74, 6) is -1.79. The summed E-state index contributed by atoms with van der Waals surface area (Å²) in [6.07, 6.45) is 2.20. The summed E-state index contributed by atoms with van der Waals surface area (Å²) < 4.78 is 0. The number of carboxylic acid groups (broad SMARTS) is 1. The number of hydrogen-bond donors (Lipinski definition) is 2. The molecular weight excluding hydrogens is 278 g/mol. The molecule has 5 heteroatoms. The number of carbonyl (C=O) groups is 2. The Morgan fingerprint density at radius 3 is 2.80 bits per heavy atom. The van der Waals surface area contributed by atoms with Gasteiger partial charge >= 0.3 is 5.97 Å². The van der Waals surface area contributed by atoms with Crippen LogP contribution in [0.3, 0.4) is 0 Å². The highest BCUT2D eigenvalue weighted by molar-refractivity contribution is 6.30. The molecule has 1 aromatic carbocycles. The summed E-state index contributed by atoms with van der Waals surface area (Å²) >= 11 is 5.92. The summed E-state index contributed by atoms with van der Waals surface area (Å²) in [4.78, 5) is 23.3. The van der Waals surface area contributed by atoms with Crippen LogP contribution in [0.1, 0.15) is 37.7 Å². The molecule has 0 bridgehead atoms. The average molecular weight is 296 g/mol. The average Bonchev–Trinajstić information content (AvgIpc) is 2.86. The van der Waals surface area contributed by atoms with Gasteiger partial charge in [0.25, 0.3) is 0 Å². The topological polar surface area (TPSA) is 66.4 Å². The van der Waals surface area contributed by atoms with E-state index in [0.717, 1.165) is 18.4 Å². The van der Waals surface area contributed by atoms with Gasteiger partial charge in [-0.25, -0.2) is 0 Å². The fourth-order valence-electron chi connectivity index (χ4n) is 2.66. The molecule has 1 unspecified atom stereocenters. The number of carboxylic acids is 1. The highest BCUT2D eigenvalue weighted by Crippen LogP contribution is 2.27. The number of rotatable bonds is 4. The van der Waals surface area contributed by atoms with E-state index in [1.165, 1.54) is 0 Å². The number of aliphatic carboxylic acids is 1. The van der Waals surface area contributed by atoms with E-state index < -0.39 is 11.9 Å². The highest BCUT2D eigenvalue weighted by atomic mass is 35.5. The van der Waals surface area contributed by atoms with Crippen LogP contribution in [0, 0.1) is 5.92 Å². The van der Waals surface area contributed by atoms with Crippen LogP contribution in [0.2, 0.25) is 5.02 Å². The standard InChI is InChI=1S/C15H18ClNO3/c1-9(10-4-2-5-11(16)8-10)14(18)17-13-7-3-6-12(13)15(19)20/h2,4-5,8-9,12-13H,3,6-7H2,1H3,(H,17,18)(H,19,20)/t9?,12-,13+/m0/s1. The van der Waals surface area contributed by atoms with Crippen molar-refractivity contribution in [1.82, 2.24) is 5.32 Å². The van der Waals surface area contributed by atoms with E-state index in [1.807, 2.05) is 6.07 Å². The van der Waals surface area contributed by atoms with Gasteiger partial charge in [0, 0.05) is 11.1 Å². The van der Waals surface area contributed by atoms with Crippen LogP contribution in [-0.2, 0) is 9.59 Å². The number of hydrogen-bond acceptors (Lipinski definition) is 2. The lowest BCUT2D eigenvalue weighted by molar-refractivity contribution is -0.142. The highest BCUT2D eigenvalue weighted by Gasteiger charge is 2.34. The number of benzene rings is 1. The van der Waals surface area contributed by atoms with Gasteiger partial charge in [0.1, 0.15) is 0 Å². The fourth-order valence-corrected chi connectivity index (χ4v) is 2.86. The van der Waals surface area contributed by atoms with E-state index >= 15 is 0 Å². The molecule has 0 spiro atoms. The Morgan fingerprint density at radius 1 is 1.40 bits per heavy atom. The maximum Gasteiger partial charge on any atom is 0.308 e. The van der Waals surface area contributed by atoms with E-state index in [2.05, 4.69) is 5.32 Å². The maximum absolute atomic E-state index is 12.2. The van der Waals surface area contributed by atoms with Crippen LogP contribution >= 0.6 is 11.6 Å². The van der Waals surface area contributed by atoms with Crippen molar-refractivity contribution in [3.8, 4) is 0 Å². The second-order valence-corrected chi connectivity index (χ2v) is 5.70. The van der Waals surface area contributed by atoms with Gasteiger partial charge in [-0.05, 0) is 37.5 Å². The maximum atomic E-state index is 12.2. The van der Waals surface area contributed by atoms with Gasteiger partial charge in [-0.3, -0.25) is 9.59 Å². The third-order valence-electron chi connectivity index (χ3n) is 3.90. The Balaban J connectivity index is 2.03. The van der Waals surface area contributed by atoms with Gasteiger partial charge in [-0.1, -0.05) is 30.2 Å². The van der Waals surface area contributed by atoms with Gasteiger partial charge in [0.2, 0.25) is 5.91 Å². The van der Waals surface area contributed by atoms with Crippen LogP contribution in [0.25, 0.3) is 0 Å². The molecule has 0 saturated heterocycles. The first kappa shape index (κ1) is 14.9. The third kappa shape index (κ3) is 3.31. The molecule has 0 radical (unpaired) electrons. The van der Waals surface area contributed by atoms with E-state index in [0.29, 0.717) is 11.4 Å². The van der Waals surface area contributed by atoms with Crippen molar-refractivity contribution in [2.24, 2.45) is 5.92 Å². The molecule has 2 N–H and O–H groups in total. The van der Waals surface area contributed by atoms with Crippen molar-refractivity contribution >= 4 is 23.5 Å². The number of carbonyl (C=O) groups excluding carboxylic acids is 1. The molecule has 108 valence electrons. The molecular formula is C15H18ClNO3. The molecule has 1 amide bonds. The minimum Gasteiger partial charge on any atom is -0.481 e. The Labute approximate surface area is 123 Å². The molecule has 20 heavy (non-hydrogen) atoms. The Bertz CT molecular complexity index is 518. The van der Waals surface area contributed by atoms with E-state index in [9.17, 15) is 9.59 Å². The molecule has 1 saturated carbocycles. The smallest absolute Gasteiger partial charge is 0.308 e. The van der Waals surface area contributed by atoms with Gasteiger partial charge in [-0.15, -0.1) is 0 Å². The number of halogens is 1. The Kier molecular flexibility index (Phi) is 4.65. The van der Waals surface area contributed by atoms with Gasteiger partial charge < -0.3 is 10.4 Å². The minimum absolute atomic E-state index is 0.148. The Morgan fingerprint density at radius 2 is 2.15 bits per heavy atom. The third-order valence-corrected chi connectivity index (χ3v) is 4.14. The predicted octanol–water partition coefficient (Wildman–Crippen LogP) is 2.81. The van der Waals surface area contributed by atoms with Crippen molar-refractivity contribution < 1.29 is 14.7 Å². The summed E-state index contributed by atoms with van der Waals surface area (Å²) in [5, 5.41) is 12.6. The predicted molar refractivity (Wildman–Crippen MR) is 76.8 cm³/mol. The zero-order chi connectivity index (χ0) is 14.7. The van der Waals surface area contributed by atoms with Crippen molar-refractivity contribution in [3.05, 3.63) is 34.9 Å². The normalized spacial score (nSPS) is 23.3. The molecule has 0 heterocycles. The molecule has 3 atom stereocenters. The molecule has 2 rings (SSSR count). The second-order valence-electron chi connectivity index (χ2n) is 5.27. The quantitative estimate of drug-likeness (QED) is 0.897. The summed E-state index contributed by atoms with van der Waals surface area (Å²) in [7, 11) is 0. The van der Waals surface area contributed by atoms with Gasteiger partial charge in [0.15, 0.2) is 0 Å². The number of amides is 1. The molecule has 1 aliphatic carbocycles. The van der Waals surface area contributed by atoms with Crippen LogP contribution in [0.15, 0.2) is 24.3 Å². The first-order valence-corrected chi connectivity index (χ1v) is 7.15. The van der Waals surface area contributed by atoms with Crippen molar-refractivity contribution in [2.45, 2.75) is 38.1 Å². The Hall–Kier alpha value is -1.55. The largest absolute Gasteiger partial charge is 0.481 e. The van der Waals surface area contributed by atoms with E-state index in [-0.39, 0.29) is 17.9 Å². The molecule has 1 aliphatic rings. The van der Waals surface area contributed by atoms with Crippen LogP contribution in [0.5, 0.6) is 0 Å². The second kappa shape index (κ2) is 6.27. The minimum atomic E-state index is -0.830. The lowest BCUT2D eigenvalue weighted by Crippen LogP contribution is -2.41. The van der Waals surface area contributed by atoms with Gasteiger partial charge in [-0.2, -0.15) is 0 Å². The number of nitrogens with one attached hydrogen (secondary N) is 1. The summed E-state index contributed by atoms with van der Waals surface area (Å²) in [5.41, 5.74) is 0.833. The van der Waals surface area contributed by atoms with Crippen molar-refractivity contribution in [2.75, 3.05) is 0 Å². The van der Waals surface area contributed by atoms with E-state index in [4.69, 9.17) is 16.7 Å². The molecule has 1 aromatic rings. The SMILES string of the molecule is CC(C(=O)N[C@@H]1CCC[C@@H]1C(=O)O)c1cccc(Cl)c1. The molecule has 1 fully saturated rings. The fraction of sp³-hybridized carbons (Fsp3) is 0.467. The monoisotopic (exact) mass is 295 g/mol. The van der Waals surface area contributed by atoms with E-state index in [1.54, 1.807) is 25.1 Å². The van der Waals surface area contributed by atoms with Crippen LogP contribution < -0.4 is 5.32 Å². The summed E-state index contributed by atoms with van der Waals surface area (Å²) in [6, 6.07) is 6.90. The first-order valence-electron chi connectivity index (χ1n) is 6.77. The van der Waals surface area contributed by atoms with Crippen LogP contribution in [0.4, 0.5) is 0 Å². The summed E-state index contributed by atoms with van der Waals surface area (Å²) in [6.45, 7) is 1.80. The molecule has 0 aromatic heterocycles. The van der Waals surface area contributed by atoms with Crippen LogP contribution in [-0.4, -0.2) is 23.0 Å². The van der Waals surface area contributed by atoms with Crippen molar-refractivity contribution in [1.29, 1.82) is 0 Å². The lowest BCUT2D eigenvalue weighted by Gasteiger charge is -2.20. The zero-order valence-electron chi connectivity index (χ0n) is 11.3. The van der Waals surface area contributed by atoms with Crippen molar-refractivity contribution in [3.63, 3.8) is 0 Å². The van der Waals surface area contributed by atoms with Gasteiger partial charge in [0.05, 0.1) is 11.8 Å². The zero-order valence-corrected chi connectivity index (χ0v) is 12.1.